The molecule has 0 aliphatic rings. The lowest BCUT2D eigenvalue weighted by Crippen LogP contribution is -2.21. The van der Waals surface area contributed by atoms with Gasteiger partial charge in [0.05, 0.1) is 0 Å². The van der Waals surface area contributed by atoms with Gasteiger partial charge in [0.15, 0.2) is 6.10 Å². The Morgan fingerprint density at radius 2 is 1.80 bits per heavy atom. The zero-order chi connectivity index (χ0) is 11.5. The first-order valence-electron chi connectivity index (χ1n) is 3.96. The van der Waals surface area contributed by atoms with E-state index >= 15 is 0 Å². The Labute approximate surface area is 84.7 Å². The fraction of sp³-hybridized carbons (Fsp3) is 0.200. The maximum absolute atomic E-state index is 12.3. The van der Waals surface area contributed by atoms with Crippen LogP contribution in [-0.4, -0.2) is 12.5 Å². The quantitative estimate of drug-likeness (QED) is 0.726. The van der Waals surface area contributed by atoms with Gasteiger partial charge < -0.3 is 4.74 Å². The smallest absolute Gasteiger partial charge is 0.355 e. The molecule has 1 aromatic rings. The third kappa shape index (κ3) is 2.79. The Bertz CT molecular complexity index is 330. The molecule has 1 rings (SSSR count). The van der Waals surface area contributed by atoms with E-state index in [9.17, 15) is 18.0 Å². The van der Waals surface area contributed by atoms with Crippen molar-refractivity contribution in [2.45, 2.75) is 12.3 Å². The van der Waals surface area contributed by atoms with Crippen LogP contribution in [-0.2, 0) is 4.74 Å². The van der Waals surface area contributed by atoms with Gasteiger partial charge in [0.25, 0.3) is 0 Å². The summed E-state index contributed by atoms with van der Waals surface area (Å²) in [7, 11) is 4.57. The van der Waals surface area contributed by atoms with Crippen molar-refractivity contribution in [2.24, 2.45) is 0 Å². The average Bonchev–Trinajstić information content (AvgIpc) is 2.18. The number of ether oxygens (including phenoxy) is 1. The molecule has 1 aromatic carbocycles. The van der Waals surface area contributed by atoms with Crippen LogP contribution in [0.15, 0.2) is 24.3 Å². The minimum absolute atomic E-state index is 0.143. The molecule has 0 spiro atoms. The molecule has 2 nitrogen and oxygen atoms in total. The second-order valence-electron chi connectivity index (χ2n) is 2.84. The van der Waals surface area contributed by atoms with Gasteiger partial charge >= 0.3 is 6.18 Å². The van der Waals surface area contributed by atoms with Gasteiger partial charge in [0.2, 0.25) is 0 Å². The van der Waals surface area contributed by atoms with Gasteiger partial charge in [0, 0.05) is 5.56 Å². The molecule has 0 aliphatic carbocycles. The molecule has 2 radical (unpaired) electrons. The Hall–Kier alpha value is -1.36. The summed E-state index contributed by atoms with van der Waals surface area (Å²) in [6.45, 7) is 0. The first-order valence-corrected chi connectivity index (χ1v) is 3.96. The summed E-state index contributed by atoms with van der Waals surface area (Å²) >= 11 is 0. The number of rotatable bonds is 3. The van der Waals surface area contributed by atoms with E-state index in [2.05, 4.69) is 11.8 Å². The second kappa shape index (κ2) is 4.44. The van der Waals surface area contributed by atoms with E-state index in [0.717, 1.165) is 12.1 Å². The van der Waals surface area contributed by atoms with E-state index in [1.807, 2.05) is 0 Å². The van der Waals surface area contributed by atoms with Crippen LogP contribution in [0.4, 0.5) is 13.2 Å². The van der Waals surface area contributed by atoms with E-state index in [-0.39, 0.29) is 11.1 Å². The lowest BCUT2D eigenvalue weighted by atomic mass is 10.1. The SMILES string of the molecule is [CH]OC(c1ccc(C=O)cc1)C(F)(F)F. The number of benzene rings is 1. The van der Waals surface area contributed by atoms with E-state index in [4.69, 9.17) is 0 Å². The number of halogens is 3. The fourth-order valence-electron chi connectivity index (χ4n) is 1.09. The lowest BCUT2D eigenvalue weighted by molar-refractivity contribution is -0.209. The maximum atomic E-state index is 12.3. The molecule has 80 valence electrons. The van der Waals surface area contributed by atoms with E-state index in [0.29, 0.717) is 6.29 Å². The molecule has 0 saturated heterocycles. The lowest BCUT2D eigenvalue weighted by Gasteiger charge is -2.18. The highest BCUT2D eigenvalue weighted by molar-refractivity contribution is 5.74. The van der Waals surface area contributed by atoms with Crippen LogP contribution < -0.4 is 0 Å². The van der Waals surface area contributed by atoms with E-state index in [1.54, 1.807) is 0 Å². The summed E-state index contributed by atoms with van der Waals surface area (Å²) in [5, 5.41) is 0. The van der Waals surface area contributed by atoms with Crippen molar-refractivity contribution in [3.63, 3.8) is 0 Å². The van der Waals surface area contributed by atoms with Crippen molar-refractivity contribution in [1.29, 1.82) is 0 Å². The van der Waals surface area contributed by atoms with Crippen molar-refractivity contribution in [2.75, 3.05) is 0 Å². The van der Waals surface area contributed by atoms with Gasteiger partial charge in [-0.1, -0.05) is 24.3 Å². The zero-order valence-corrected chi connectivity index (χ0v) is 7.49. The van der Waals surface area contributed by atoms with Crippen molar-refractivity contribution in [3.8, 4) is 0 Å². The van der Waals surface area contributed by atoms with Gasteiger partial charge in [0.1, 0.15) is 13.4 Å². The molecule has 0 saturated carbocycles. The number of hydrogen-bond acceptors (Lipinski definition) is 2. The third-order valence-electron chi connectivity index (χ3n) is 1.81. The predicted octanol–water partition coefficient (Wildman–Crippen LogP) is 2.79. The summed E-state index contributed by atoms with van der Waals surface area (Å²) in [5.41, 5.74) is 0.146. The van der Waals surface area contributed by atoms with Crippen LogP contribution in [0.3, 0.4) is 0 Å². The first kappa shape index (κ1) is 11.7. The number of carbonyl (C=O) groups is 1. The van der Waals surface area contributed by atoms with Crippen LogP contribution in [0, 0.1) is 7.11 Å². The number of aldehydes is 1. The van der Waals surface area contributed by atoms with Gasteiger partial charge in [-0.25, -0.2) is 0 Å². The highest BCUT2D eigenvalue weighted by Gasteiger charge is 2.41. The van der Waals surface area contributed by atoms with Gasteiger partial charge in [-0.2, -0.15) is 13.2 Å². The molecule has 0 N–H and O–H groups in total. The van der Waals surface area contributed by atoms with Crippen LogP contribution >= 0.6 is 0 Å². The van der Waals surface area contributed by atoms with Crippen LogP contribution in [0.5, 0.6) is 0 Å². The standard InChI is InChI=1S/C10H7F3O2/c1-15-9(10(11,12)13)8-4-2-7(6-14)3-5-8/h1-6,9H. The van der Waals surface area contributed by atoms with E-state index in [1.165, 1.54) is 12.1 Å². The highest BCUT2D eigenvalue weighted by atomic mass is 19.4. The molecule has 0 fully saturated rings. The molecule has 0 heterocycles. The third-order valence-corrected chi connectivity index (χ3v) is 1.81. The van der Waals surface area contributed by atoms with Gasteiger partial charge in [-0.05, 0) is 5.56 Å². The van der Waals surface area contributed by atoms with Crippen LogP contribution in [0.25, 0.3) is 0 Å². The number of carbonyl (C=O) groups excluding carboxylic acids is 1. The molecule has 5 heteroatoms. The monoisotopic (exact) mass is 216 g/mol. The molecule has 1 unspecified atom stereocenters. The van der Waals surface area contributed by atoms with Crippen LogP contribution in [0.2, 0.25) is 0 Å². The summed E-state index contributed by atoms with van der Waals surface area (Å²) in [6.07, 6.45) is -6.20. The largest absolute Gasteiger partial charge is 0.418 e. The molecule has 15 heavy (non-hydrogen) atoms. The molecular formula is C10H7F3O2. The van der Waals surface area contributed by atoms with E-state index < -0.39 is 12.3 Å². The van der Waals surface area contributed by atoms with Gasteiger partial charge in [-0.3, -0.25) is 4.79 Å². The minimum atomic E-state index is -4.57. The van der Waals surface area contributed by atoms with Crippen molar-refractivity contribution in [3.05, 3.63) is 42.5 Å². The zero-order valence-electron chi connectivity index (χ0n) is 7.49. The molecule has 0 aromatic heterocycles. The summed E-state index contributed by atoms with van der Waals surface area (Å²) in [6, 6.07) is 4.82. The number of alkyl halides is 3. The predicted molar refractivity (Wildman–Crippen MR) is 46.0 cm³/mol. The van der Waals surface area contributed by atoms with Crippen molar-refractivity contribution < 1.29 is 22.7 Å². The Morgan fingerprint density at radius 3 is 2.13 bits per heavy atom. The minimum Gasteiger partial charge on any atom is -0.355 e. The molecule has 0 amide bonds. The summed E-state index contributed by atoms with van der Waals surface area (Å²) in [4.78, 5) is 10.3. The topological polar surface area (TPSA) is 26.3 Å². The second-order valence-corrected chi connectivity index (χ2v) is 2.84. The van der Waals surface area contributed by atoms with Crippen molar-refractivity contribution in [1.82, 2.24) is 0 Å². The molecule has 1 atom stereocenters. The normalized spacial score (nSPS) is 13.6. The first-order chi connectivity index (χ1) is 6.99. The van der Waals surface area contributed by atoms with Crippen molar-refractivity contribution >= 4 is 6.29 Å². The highest BCUT2D eigenvalue weighted by Crippen LogP contribution is 2.35. The summed E-state index contributed by atoms with van der Waals surface area (Å²) in [5.74, 6) is 0. The Kier molecular flexibility index (Phi) is 3.47. The Morgan fingerprint density at radius 1 is 1.27 bits per heavy atom. The maximum Gasteiger partial charge on any atom is 0.418 e. The van der Waals surface area contributed by atoms with Gasteiger partial charge in [-0.15, -0.1) is 0 Å². The Balaban J connectivity index is 2.98. The average molecular weight is 216 g/mol. The molecule has 0 aliphatic heterocycles. The number of hydrogen-bond donors (Lipinski definition) is 0. The van der Waals surface area contributed by atoms with Crippen LogP contribution in [0.1, 0.15) is 22.0 Å². The molecule has 0 bridgehead atoms. The molecular weight excluding hydrogens is 209 g/mol. The summed E-state index contributed by atoms with van der Waals surface area (Å²) < 4.78 is 40.8. The fourth-order valence-corrected chi connectivity index (χ4v) is 1.09.